The average molecular weight is 334 g/mol. The van der Waals surface area contributed by atoms with E-state index in [2.05, 4.69) is 51.9 Å². The van der Waals surface area contributed by atoms with Gasteiger partial charge in [0.1, 0.15) is 0 Å². The monoisotopic (exact) mass is 334 g/mol. The van der Waals surface area contributed by atoms with Crippen LogP contribution >= 0.6 is 12.2 Å². The van der Waals surface area contributed by atoms with Gasteiger partial charge in [-0.25, -0.2) is 0 Å². The highest BCUT2D eigenvalue weighted by molar-refractivity contribution is 7.80. The molecule has 0 atom stereocenters. The molecule has 1 heterocycles. The van der Waals surface area contributed by atoms with Gasteiger partial charge in [0, 0.05) is 25.3 Å². The highest BCUT2D eigenvalue weighted by Gasteiger charge is 2.11. The van der Waals surface area contributed by atoms with Crippen LogP contribution in [0.1, 0.15) is 32.3 Å². The fourth-order valence-electron chi connectivity index (χ4n) is 2.35. The van der Waals surface area contributed by atoms with Crippen molar-refractivity contribution >= 4 is 28.7 Å². The predicted molar refractivity (Wildman–Crippen MR) is 100 cm³/mol. The quantitative estimate of drug-likeness (QED) is 0.362. The van der Waals surface area contributed by atoms with Gasteiger partial charge in [0.15, 0.2) is 5.11 Å². The van der Waals surface area contributed by atoms with Crippen molar-refractivity contribution in [3.05, 3.63) is 29.8 Å². The number of benzene rings is 1. The SMILES string of the molecule is CCCCNC(=S)N/N=C(/C)c1ccc(N2CCOCC2)cc1. The number of ether oxygens (including phenoxy) is 1. The molecule has 1 aliphatic rings. The molecular formula is C17H26N4OS. The number of rotatable bonds is 6. The molecule has 2 N–H and O–H groups in total. The molecule has 2 rings (SSSR count). The lowest BCUT2D eigenvalue weighted by atomic mass is 10.1. The molecule has 0 spiro atoms. The second-order valence-corrected chi connectivity index (χ2v) is 5.97. The predicted octanol–water partition coefficient (Wildman–Crippen LogP) is 2.51. The van der Waals surface area contributed by atoms with E-state index < -0.39 is 0 Å². The lowest BCUT2D eigenvalue weighted by Crippen LogP contribution is -2.36. The van der Waals surface area contributed by atoms with Gasteiger partial charge in [-0.15, -0.1) is 0 Å². The molecule has 0 amide bonds. The summed E-state index contributed by atoms with van der Waals surface area (Å²) < 4.78 is 5.39. The topological polar surface area (TPSA) is 48.9 Å². The number of nitrogens with one attached hydrogen (secondary N) is 2. The summed E-state index contributed by atoms with van der Waals surface area (Å²) in [6, 6.07) is 8.47. The summed E-state index contributed by atoms with van der Waals surface area (Å²) >= 11 is 5.19. The molecule has 5 nitrogen and oxygen atoms in total. The van der Waals surface area contributed by atoms with E-state index in [0.29, 0.717) is 5.11 Å². The van der Waals surface area contributed by atoms with E-state index in [1.807, 2.05) is 6.92 Å². The third-order valence-electron chi connectivity index (χ3n) is 3.80. The van der Waals surface area contributed by atoms with E-state index in [0.717, 1.165) is 57.0 Å². The van der Waals surface area contributed by atoms with E-state index in [9.17, 15) is 0 Å². The molecule has 126 valence electrons. The van der Waals surface area contributed by atoms with Crippen LogP contribution in [0, 0.1) is 0 Å². The molecule has 0 aromatic heterocycles. The molecule has 0 unspecified atom stereocenters. The van der Waals surface area contributed by atoms with Gasteiger partial charge >= 0.3 is 0 Å². The van der Waals surface area contributed by atoms with Crippen LogP contribution in [0.3, 0.4) is 0 Å². The Morgan fingerprint density at radius 3 is 2.61 bits per heavy atom. The van der Waals surface area contributed by atoms with Crippen LogP contribution in [0.4, 0.5) is 5.69 Å². The molecule has 1 aliphatic heterocycles. The molecule has 1 aromatic rings. The summed E-state index contributed by atoms with van der Waals surface area (Å²) in [4.78, 5) is 2.34. The molecule has 0 bridgehead atoms. The Morgan fingerprint density at radius 2 is 1.96 bits per heavy atom. The van der Waals surface area contributed by atoms with Crippen molar-refractivity contribution < 1.29 is 4.74 Å². The zero-order valence-corrected chi connectivity index (χ0v) is 14.8. The average Bonchev–Trinajstić information content (AvgIpc) is 2.61. The normalized spacial score (nSPS) is 15.4. The van der Waals surface area contributed by atoms with Gasteiger partial charge in [0.2, 0.25) is 0 Å². The number of hydrazone groups is 1. The summed E-state index contributed by atoms with van der Waals surface area (Å²) in [5.41, 5.74) is 6.13. The number of hydrogen-bond donors (Lipinski definition) is 2. The van der Waals surface area contributed by atoms with E-state index in [1.165, 1.54) is 5.69 Å². The summed E-state index contributed by atoms with van der Waals surface area (Å²) in [6.45, 7) is 8.51. The van der Waals surface area contributed by atoms with Crippen molar-refractivity contribution in [2.24, 2.45) is 5.10 Å². The minimum Gasteiger partial charge on any atom is -0.378 e. The second kappa shape index (κ2) is 9.47. The lowest BCUT2D eigenvalue weighted by Gasteiger charge is -2.28. The van der Waals surface area contributed by atoms with Gasteiger partial charge in [0.05, 0.1) is 18.9 Å². The van der Waals surface area contributed by atoms with Crippen molar-refractivity contribution in [3.63, 3.8) is 0 Å². The second-order valence-electron chi connectivity index (χ2n) is 5.56. The molecule has 1 aromatic carbocycles. The first-order valence-corrected chi connectivity index (χ1v) is 8.63. The molecule has 1 fully saturated rings. The maximum Gasteiger partial charge on any atom is 0.186 e. The maximum absolute atomic E-state index is 5.39. The van der Waals surface area contributed by atoms with Gasteiger partial charge in [-0.1, -0.05) is 25.5 Å². The lowest BCUT2D eigenvalue weighted by molar-refractivity contribution is 0.122. The van der Waals surface area contributed by atoms with Crippen molar-refractivity contribution in [2.45, 2.75) is 26.7 Å². The number of anilines is 1. The van der Waals surface area contributed by atoms with Gasteiger partial charge in [0.25, 0.3) is 0 Å². The Morgan fingerprint density at radius 1 is 1.26 bits per heavy atom. The first-order chi connectivity index (χ1) is 11.2. The van der Waals surface area contributed by atoms with E-state index in [-0.39, 0.29) is 0 Å². The van der Waals surface area contributed by atoms with Crippen LogP contribution in [0.5, 0.6) is 0 Å². The van der Waals surface area contributed by atoms with Crippen LogP contribution < -0.4 is 15.6 Å². The molecule has 23 heavy (non-hydrogen) atoms. The van der Waals surface area contributed by atoms with Gasteiger partial charge < -0.3 is 15.0 Å². The largest absolute Gasteiger partial charge is 0.378 e. The number of morpholine rings is 1. The summed E-state index contributed by atoms with van der Waals surface area (Å²) in [5, 5.41) is 8.05. The van der Waals surface area contributed by atoms with Crippen molar-refractivity contribution in [1.82, 2.24) is 10.7 Å². The third-order valence-corrected chi connectivity index (χ3v) is 4.04. The first kappa shape index (κ1) is 17.7. The highest BCUT2D eigenvalue weighted by Crippen LogP contribution is 2.17. The standard InChI is InChI=1S/C17H26N4OS/c1-3-4-9-18-17(23)20-19-14(2)15-5-7-16(8-6-15)21-10-12-22-13-11-21/h5-8H,3-4,9-13H2,1-2H3,(H2,18,20,23)/b19-14-. The Balaban J connectivity index is 1.87. The van der Waals surface area contributed by atoms with Crippen LogP contribution in [0.25, 0.3) is 0 Å². The Labute approximate surface area is 144 Å². The van der Waals surface area contributed by atoms with Crippen molar-refractivity contribution in [3.8, 4) is 0 Å². The first-order valence-electron chi connectivity index (χ1n) is 8.22. The molecule has 0 radical (unpaired) electrons. The van der Waals surface area contributed by atoms with Gasteiger partial charge in [-0.05, 0) is 43.3 Å². The third kappa shape index (κ3) is 5.80. The fraction of sp³-hybridized carbons (Fsp3) is 0.529. The number of unbranched alkanes of at least 4 members (excludes halogenated alkanes) is 1. The summed E-state index contributed by atoms with van der Waals surface area (Å²) in [6.07, 6.45) is 2.25. The highest BCUT2D eigenvalue weighted by atomic mass is 32.1. The van der Waals surface area contributed by atoms with Gasteiger partial charge in [-0.2, -0.15) is 5.10 Å². The Kier molecular flexibility index (Phi) is 7.29. The van der Waals surface area contributed by atoms with Crippen molar-refractivity contribution in [2.75, 3.05) is 37.7 Å². The molecule has 0 aliphatic carbocycles. The van der Waals surface area contributed by atoms with Crippen LogP contribution in [0.15, 0.2) is 29.4 Å². The zero-order valence-electron chi connectivity index (χ0n) is 14.0. The molecule has 6 heteroatoms. The summed E-state index contributed by atoms with van der Waals surface area (Å²) in [7, 11) is 0. The molecular weight excluding hydrogens is 308 g/mol. The minimum atomic E-state index is 0.572. The van der Waals surface area contributed by atoms with Crippen LogP contribution in [-0.4, -0.2) is 43.7 Å². The van der Waals surface area contributed by atoms with Crippen LogP contribution in [0.2, 0.25) is 0 Å². The summed E-state index contributed by atoms with van der Waals surface area (Å²) in [5.74, 6) is 0. The number of nitrogens with zero attached hydrogens (tertiary/aromatic N) is 2. The number of hydrogen-bond acceptors (Lipinski definition) is 4. The zero-order chi connectivity index (χ0) is 16.5. The molecule has 1 saturated heterocycles. The van der Waals surface area contributed by atoms with E-state index >= 15 is 0 Å². The fourth-order valence-corrected chi connectivity index (χ4v) is 2.50. The number of thiocarbonyl (C=S) groups is 1. The van der Waals surface area contributed by atoms with Crippen LogP contribution in [-0.2, 0) is 4.74 Å². The van der Waals surface area contributed by atoms with Crippen molar-refractivity contribution in [1.29, 1.82) is 0 Å². The molecule has 0 saturated carbocycles. The Bertz CT molecular complexity index is 524. The maximum atomic E-state index is 5.39. The van der Waals surface area contributed by atoms with E-state index in [4.69, 9.17) is 17.0 Å². The Hall–Kier alpha value is -1.66. The minimum absolute atomic E-state index is 0.572. The smallest absolute Gasteiger partial charge is 0.186 e. The van der Waals surface area contributed by atoms with Gasteiger partial charge in [-0.3, -0.25) is 5.43 Å². The van der Waals surface area contributed by atoms with E-state index in [1.54, 1.807) is 0 Å².